The minimum absolute atomic E-state index is 0.172. The average Bonchev–Trinajstić information content (AvgIpc) is 2.77. The van der Waals surface area contributed by atoms with E-state index in [0.29, 0.717) is 33.7 Å². The van der Waals surface area contributed by atoms with E-state index in [1.165, 1.54) is 9.47 Å². The van der Waals surface area contributed by atoms with Crippen molar-refractivity contribution in [1.29, 1.82) is 0 Å². The Hall–Kier alpha value is -2.52. The molecule has 1 aliphatic heterocycles. The molecule has 2 aromatic carbocycles. The van der Waals surface area contributed by atoms with Gasteiger partial charge in [-0.25, -0.2) is 0 Å². The SMILES string of the molecule is O=C(NCCC[NH+]1CCOCC1)c1cccc(-n2c(=S)[nH]c3cc(Cl)ccc3c2=O)c1. The summed E-state index contributed by atoms with van der Waals surface area (Å²) in [5.74, 6) is -0.172. The summed E-state index contributed by atoms with van der Waals surface area (Å²) in [7, 11) is 0. The minimum Gasteiger partial charge on any atom is -0.370 e. The molecule has 0 saturated carbocycles. The lowest BCUT2D eigenvalue weighted by Gasteiger charge is -2.23. The summed E-state index contributed by atoms with van der Waals surface area (Å²) in [6.45, 7) is 5.25. The van der Waals surface area contributed by atoms with Gasteiger partial charge in [0.05, 0.1) is 36.3 Å². The number of carbonyl (C=O) groups excluding carboxylic acids is 1. The van der Waals surface area contributed by atoms with Crippen molar-refractivity contribution >= 4 is 40.6 Å². The van der Waals surface area contributed by atoms with Crippen LogP contribution in [0.2, 0.25) is 5.02 Å². The van der Waals surface area contributed by atoms with Crippen LogP contribution in [-0.4, -0.2) is 54.9 Å². The number of rotatable bonds is 6. The second-order valence-electron chi connectivity index (χ2n) is 7.53. The molecule has 7 nitrogen and oxygen atoms in total. The molecule has 1 saturated heterocycles. The molecule has 3 aromatic rings. The summed E-state index contributed by atoms with van der Waals surface area (Å²) in [6, 6.07) is 11.9. The molecular formula is C22H24ClN4O3S+. The summed E-state index contributed by atoms with van der Waals surface area (Å²) in [6.07, 6.45) is 0.902. The number of aromatic nitrogens is 2. The predicted octanol–water partition coefficient (Wildman–Crippen LogP) is 1.74. The summed E-state index contributed by atoms with van der Waals surface area (Å²) in [4.78, 5) is 30.2. The van der Waals surface area contributed by atoms with Gasteiger partial charge >= 0.3 is 0 Å². The lowest BCUT2D eigenvalue weighted by atomic mass is 10.1. The van der Waals surface area contributed by atoms with Crippen LogP contribution in [0.1, 0.15) is 16.8 Å². The number of H-pyrrole nitrogens is 1. The number of halogens is 1. The van der Waals surface area contributed by atoms with Crippen molar-refractivity contribution in [2.75, 3.05) is 39.4 Å². The maximum atomic E-state index is 13.0. The fraction of sp³-hybridized carbons (Fsp3) is 0.318. The van der Waals surface area contributed by atoms with E-state index in [4.69, 9.17) is 28.6 Å². The van der Waals surface area contributed by atoms with Crippen LogP contribution in [0, 0.1) is 4.77 Å². The van der Waals surface area contributed by atoms with E-state index in [9.17, 15) is 9.59 Å². The summed E-state index contributed by atoms with van der Waals surface area (Å²) < 4.78 is 7.00. The fourth-order valence-corrected chi connectivity index (χ4v) is 4.23. The van der Waals surface area contributed by atoms with Gasteiger partial charge in [0.15, 0.2) is 4.77 Å². The first-order valence-electron chi connectivity index (χ1n) is 10.3. The Morgan fingerprint density at radius 1 is 1.23 bits per heavy atom. The van der Waals surface area contributed by atoms with Gasteiger partial charge in [0, 0.05) is 23.6 Å². The minimum atomic E-state index is -0.263. The Morgan fingerprint density at radius 2 is 2.03 bits per heavy atom. The molecule has 162 valence electrons. The molecular weight excluding hydrogens is 436 g/mol. The van der Waals surface area contributed by atoms with Gasteiger partial charge in [-0.05, 0) is 48.6 Å². The van der Waals surface area contributed by atoms with Crippen molar-refractivity contribution in [3.8, 4) is 5.69 Å². The third kappa shape index (κ3) is 5.04. The molecule has 2 heterocycles. The lowest BCUT2D eigenvalue weighted by Crippen LogP contribution is -3.14. The highest BCUT2D eigenvalue weighted by atomic mass is 35.5. The number of carbonyl (C=O) groups is 1. The number of hydrogen-bond donors (Lipinski definition) is 3. The highest BCUT2D eigenvalue weighted by Crippen LogP contribution is 2.16. The molecule has 1 aromatic heterocycles. The largest absolute Gasteiger partial charge is 0.370 e. The van der Waals surface area contributed by atoms with Crippen molar-refractivity contribution in [3.05, 3.63) is 68.2 Å². The van der Waals surface area contributed by atoms with Gasteiger partial charge in [-0.2, -0.15) is 0 Å². The number of benzene rings is 2. The molecule has 0 atom stereocenters. The maximum Gasteiger partial charge on any atom is 0.266 e. The first-order valence-corrected chi connectivity index (χ1v) is 11.1. The van der Waals surface area contributed by atoms with Gasteiger partial charge in [-0.3, -0.25) is 14.2 Å². The van der Waals surface area contributed by atoms with E-state index in [1.807, 2.05) is 0 Å². The number of nitrogens with zero attached hydrogens (tertiary/aromatic N) is 1. The van der Waals surface area contributed by atoms with Crippen LogP contribution < -0.4 is 15.8 Å². The van der Waals surface area contributed by atoms with Crippen molar-refractivity contribution in [2.45, 2.75) is 6.42 Å². The highest BCUT2D eigenvalue weighted by Gasteiger charge is 2.14. The first kappa shape index (κ1) is 21.7. The Bertz CT molecular complexity index is 1220. The molecule has 4 rings (SSSR count). The third-order valence-electron chi connectivity index (χ3n) is 5.42. The summed E-state index contributed by atoms with van der Waals surface area (Å²) >= 11 is 11.4. The normalized spacial score (nSPS) is 14.6. The van der Waals surface area contributed by atoms with Gasteiger partial charge in [0.1, 0.15) is 13.1 Å². The van der Waals surface area contributed by atoms with Gasteiger partial charge in [-0.15, -0.1) is 0 Å². The molecule has 0 radical (unpaired) electrons. The first-order chi connectivity index (χ1) is 15.0. The van der Waals surface area contributed by atoms with E-state index in [0.717, 1.165) is 39.3 Å². The Kier molecular flexibility index (Phi) is 6.82. The Balaban J connectivity index is 1.49. The van der Waals surface area contributed by atoms with Crippen molar-refractivity contribution in [1.82, 2.24) is 14.9 Å². The molecule has 9 heteroatoms. The smallest absolute Gasteiger partial charge is 0.266 e. The van der Waals surface area contributed by atoms with Crippen LogP contribution in [0.5, 0.6) is 0 Å². The molecule has 0 aliphatic carbocycles. The Labute approximate surface area is 189 Å². The standard InChI is InChI=1S/C22H23ClN4O3S/c23-16-5-6-18-19(14-16)25-22(31)27(21(18)29)17-4-1-3-15(13-17)20(28)24-7-2-8-26-9-11-30-12-10-26/h1,3-6,13-14H,2,7-12H2,(H,24,28)(H,25,31)/p+1. The zero-order chi connectivity index (χ0) is 21.8. The molecule has 1 fully saturated rings. The van der Waals surface area contributed by atoms with Gasteiger partial charge in [0.25, 0.3) is 11.5 Å². The monoisotopic (exact) mass is 459 g/mol. The van der Waals surface area contributed by atoms with Crippen LogP contribution in [-0.2, 0) is 4.74 Å². The second kappa shape index (κ2) is 9.74. The third-order valence-corrected chi connectivity index (χ3v) is 5.94. The van der Waals surface area contributed by atoms with Crippen molar-refractivity contribution in [3.63, 3.8) is 0 Å². The van der Waals surface area contributed by atoms with Crippen molar-refractivity contribution in [2.24, 2.45) is 0 Å². The zero-order valence-electron chi connectivity index (χ0n) is 16.9. The molecule has 0 unspecified atom stereocenters. The number of nitrogens with one attached hydrogen (secondary N) is 3. The van der Waals surface area contributed by atoms with Crippen LogP contribution in [0.3, 0.4) is 0 Å². The number of aromatic amines is 1. The van der Waals surface area contributed by atoms with E-state index in [2.05, 4.69) is 10.3 Å². The van der Waals surface area contributed by atoms with Crippen LogP contribution >= 0.6 is 23.8 Å². The average molecular weight is 460 g/mol. The van der Waals surface area contributed by atoms with Crippen LogP contribution in [0.25, 0.3) is 16.6 Å². The number of quaternary nitrogens is 1. The molecule has 0 bridgehead atoms. The van der Waals surface area contributed by atoms with Gasteiger partial charge in [0.2, 0.25) is 0 Å². The molecule has 3 N–H and O–H groups in total. The number of fused-ring (bicyclic) bond motifs is 1. The Morgan fingerprint density at radius 3 is 2.84 bits per heavy atom. The number of ether oxygens (including phenoxy) is 1. The number of hydrogen-bond acceptors (Lipinski definition) is 4. The van der Waals surface area contributed by atoms with E-state index in [1.54, 1.807) is 42.5 Å². The van der Waals surface area contributed by atoms with E-state index in [-0.39, 0.29) is 16.2 Å². The number of morpholine rings is 1. The topological polar surface area (TPSA) is 80.6 Å². The van der Waals surface area contributed by atoms with E-state index < -0.39 is 0 Å². The number of amides is 1. The lowest BCUT2D eigenvalue weighted by molar-refractivity contribution is -0.908. The van der Waals surface area contributed by atoms with Crippen LogP contribution in [0.4, 0.5) is 0 Å². The zero-order valence-corrected chi connectivity index (χ0v) is 18.5. The van der Waals surface area contributed by atoms with Gasteiger partial charge in [-0.1, -0.05) is 17.7 Å². The summed E-state index contributed by atoms with van der Waals surface area (Å²) in [5.41, 5.74) is 1.33. The highest BCUT2D eigenvalue weighted by molar-refractivity contribution is 7.71. The molecule has 1 aliphatic rings. The van der Waals surface area contributed by atoms with E-state index >= 15 is 0 Å². The molecule has 0 spiro atoms. The van der Waals surface area contributed by atoms with Crippen LogP contribution in [0.15, 0.2) is 47.3 Å². The fourth-order valence-electron chi connectivity index (χ4n) is 3.76. The van der Waals surface area contributed by atoms with Crippen molar-refractivity contribution < 1.29 is 14.4 Å². The second-order valence-corrected chi connectivity index (χ2v) is 8.36. The predicted molar refractivity (Wildman–Crippen MR) is 123 cm³/mol. The molecule has 1 amide bonds. The maximum absolute atomic E-state index is 13.0. The quantitative estimate of drug-likeness (QED) is 0.387. The molecule has 31 heavy (non-hydrogen) atoms. The summed E-state index contributed by atoms with van der Waals surface area (Å²) in [5, 5.41) is 3.95. The van der Waals surface area contributed by atoms with Gasteiger partial charge < -0.3 is 19.9 Å².